The molecule has 5 aromatic carbocycles. The van der Waals surface area contributed by atoms with Crippen LogP contribution in [-0.4, -0.2) is 124 Å². The molecule has 0 aliphatic heterocycles. The van der Waals surface area contributed by atoms with Crippen LogP contribution in [0.4, 0.5) is 0 Å². The third-order valence-electron chi connectivity index (χ3n) is 13.6. The predicted molar refractivity (Wildman–Crippen MR) is 412 cm³/mol. The smallest absolute Gasteiger partial charge is 0.0649 e. The van der Waals surface area contributed by atoms with Crippen LogP contribution >= 0.6 is 0 Å². The van der Waals surface area contributed by atoms with E-state index in [1.807, 2.05) is 165 Å². The van der Waals surface area contributed by atoms with E-state index in [1.165, 1.54) is 83.5 Å². The fraction of sp³-hybridized carbons (Fsp3) is 0.562. The summed E-state index contributed by atoms with van der Waals surface area (Å²) in [7, 11) is 19.5. The summed E-state index contributed by atoms with van der Waals surface area (Å²) < 4.78 is 0. The molecule has 0 saturated carbocycles. The fourth-order valence-corrected chi connectivity index (χ4v) is 9.53. The highest BCUT2D eigenvalue weighted by atomic mass is 15.4. The number of aryl methyl sites for hydroxylation is 9. The fourth-order valence-electron chi connectivity index (χ4n) is 9.53. The van der Waals surface area contributed by atoms with Crippen molar-refractivity contribution >= 4 is 28.6 Å². The lowest BCUT2D eigenvalue weighted by Gasteiger charge is -2.14. The molecule has 0 unspecified atom stereocenters. The Balaban J connectivity index is -0.000000322. The number of hydrazone groups is 5. The Labute approximate surface area is 558 Å². The van der Waals surface area contributed by atoms with Crippen LogP contribution in [0.25, 0.3) is 0 Å². The molecule has 0 N–H and O–H groups in total. The van der Waals surface area contributed by atoms with Gasteiger partial charge in [-0.1, -0.05) is 205 Å². The van der Waals surface area contributed by atoms with E-state index >= 15 is 0 Å². The second-order valence-electron chi connectivity index (χ2n) is 21.1. The van der Waals surface area contributed by atoms with Crippen molar-refractivity contribution in [2.45, 2.75) is 237 Å². The molecule has 0 aliphatic rings. The third-order valence-corrected chi connectivity index (χ3v) is 13.6. The minimum absolute atomic E-state index is 1.06. The van der Waals surface area contributed by atoms with Crippen LogP contribution in [0.2, 0.25) is 0 Å². The van der Waals surface area contributed by atoms with Gasteiger partial charge in [-0.15, -0.1) is 0 Å². The zero-order valence-electron chi connectivity index (χ0n) is 65.2. The maximum Gasteiger partial charge on any atom is 0.0649 e. The molecule has 90 heavy (non-hydrogen) atoms. The molecule has 10 nitrogen and oxygen atoms in total. The summed E-state index contributed by atoms with van der Waals surface area (Å²) in [6, 6.07) is 33.2. The van der Waals surface area contributed by atoms with E-state index in [1.54, 1.807) is 0 Å². The Bertz CT molecular complexity index is 2590. The van der Waals surface area contributed by atoms with Crippen molar-refractivity contribution in [2.75, 3.05) is 70.5 Å². The quantitative estimate of drug-likeness (QED) is 0.0573. The summed E-state index contributed by atoms with van der Waals surface area (Å²) >= 11 is 0. The first kappa shape index (κ1) is 92.2. The van der Waals surface area contributed by atoms with Gasteiger partial charge in [-0.2, -0.15) is 25.5 Å². The topological polar surface area (TPSA) is 78.0 Å². The summed E-state index contributed by atoms with van der Waals surface area (Å²) in [6.07, 6.45) is 10.8. The standard InChI is InChI=1S/5C14H22N2.5C2H6/c2*1-6-12-8-9-14(10-13(12)7-2)11(3)15-16(4)5;2*1-6-12-8-9-13(7-2)14(10-12)11(3)15-16(4)5;1-6-12-9-8-10-14(13(12)7-2)11(3)15-16(4)5;5*1-2/h5*8-10H,6-7H2,1-5H3;5*1-2H3/b5*15-11+;;;;;. The van der Waals surface area contributed by atoms with Crippen LogP contribution in [0.5, 0.6) is 0 Å². The highest BCUT2D eigenvalue weighted by Gasteiger charge is 2.10. The maximum atomic E-state index is 4.48. The van der Waals surface area contributed by atoms with E-state index in [0.29, 0.717) is 0 Å². The maximum absolute atomic E-state index is 4.48. The number of nitrogens with zero attached hydrogens (tertiary/aromatic N) is 10. The van der Waals surface area contributed by atoms with E-state index in [9.17, 15) is 0 Å². The van der Waals surface area contributed by atoms with Crippen LogP contribution in [0, 0.1) is 0 Å². The summed E-state index contributed by atoms with van der Waals surface area (Å²) in [5, 5.41) is 31.5. The Kier molecular flexibility index (Phi) is 57.8. The zero-order chi connectivity index (χ0) is 70.6. The van der Waals surface area contributed by atoms with Crippen molar-refractivity contribution in [3.63, 3.8) is 0 Å². The van der Waals surface area contributed by atoms with Crippen molar-refractivity contribution in [3.05, 3.63) is 174 Å². The van der Waals surface area contributed by atoms with Crippen LogP contribution in [0.1, 0.15) is 257 Å². The van der Waals surface area contributed by atoms with Gasteiger partial charge in [0.25, 0.3) is 0 Å². The van der Waals surface area contributed by atoms with Gasteiger partial charge >= 0.3 is 0 Å². The Morgan fingerprint density at radius 1 is 0.256 bits per heavy atom. The monoisotopic (exact) mass is 1240 g/mol. The van der Waals surface area contributed by atoms with Crippen molar-refractivity contribution in [2.24, 2.45) is 25.5 Å². The van der Waals surface area contributed by atoms with Crippen molar-refractivity contribution in [1.29, 1.82) is 0 Å². The van der Waals surface area contributed by atoms with Crippen molar-refractivity contribution < 1.29 is 0 Å². The molecule has 10 heteroatoms. The van der Waals surface area contributed by atoms with Gasteiger partial charge in [-0.05, 0) is 190 Å². The summed E-state index contributed by atoms with van der Waals surface area (Å²) in [5.74, 6) is 0. The zero-order valence-corrected chi connectivity index (χ0v) is 65.2. The Morgan fingerprint density at radius 2 is 0.522 bits per heavy atom. The molecule has 510 valence electrons. The lowest BCUT2D eigenvalue weighted by atomic mass is 9.95. The molecule has 0 amide bonds. The highest BCUT2D eigenvalue weighted by molar-refractivity contribution is 6.02. The SMILES string of the molecule is CC.CC.CC.CC.CC.CCc1ccc(/C(C)=N/N(C)C)cc1CC.CCc1ccc(/C(C)=N/N(C)C)cc1CC.CCc1ccc(CC)c(/C(C)=N/N(C)C)c1.CCc1ccc(CC)c(/C(C)=N/N(C)C)c1.CCc1cccc(/C(C)=N/N(C)C)c1CC. The molecule has 0 saturated heterocycles. The molecule has 0 fully saturated rings. The third kappa shape index (κ3) is 36.9. The second-order valence-corrected chi connectivity index (χ2v) is 21.1. The molecular weight excluding hydrogens is 1100 g/mol. The number of rotatable bonds is 20. The van der Waals surface area contributed by atoms with Gasteiger partial charge in [-0.3, -0.25) is 0 Å². The molecule has 5 rings (SSSR count). The van der Waals surface area contributed by atoms with E-state index < -0.39 is 0 Å². The van der Waals surface area contributed by atoms with E-state index in [-0.39, 0.29) is 0 Å². The molecule has 0 aliphatic carbocycles. The first-order valence-corrected chi connectivity index (χ1v) is 34.6. The van der Waals surface area contributed by atoms with Crippen LogP contribution in [0.3, 0.4) is 0 Å². The molecule has 0 spiro atoms. The second kappa shape index (κ2) is 56.4. The molecule has 0 radical (unpaired) electrons. The minimum atomic E-state index is 1.06. The van der Waals surface area contributed by atoms with E-state index in [2.05, 4.69) is 220 Å². The number of benzene rings is 5. The lowest BCUT2D eigenvalue weighted by Crippen LogP contribution is -2.10. The van der Waals surface area contributed by atoms with Crippen LogP contribution < -0.4 is 0 Å². The van der Waals surface area contributed by atoms with Gasteiger partial charge < -0.3 is 25.0 Å². The Morgan fingerprint density at radius 3 is 0.778 bits per heavy atom. The van der Waals surface area contributed by atoms with Crippen LogP contribution in [-0.2, 0) is 64.2 Å². The first-order chi connectivity index (χ1) is 42.9. The number of hydrogen-bond acceptors (Lipinski definition) is 10. The van der Waals surface area contributed by atoms with Crippen molar-refractivity contribution in [3.8, 4) is 0 Å². The first-order valence-electron chi connectivity index (χ1n) is 34.6. The van der Waals surface area contributed by atoms with E-state index in [4.69, 9.17) is 0 Å². The molecule has 0 bridgehead atoms. The minimum Gasteiger partial charge on any atom is -0.303 e. The van der Waals surface area contributed by atoms with Gasteiger partial charge in [0.15, 0.2) is 0 Å². The average Bonchev–Trinajstić information content (AvgIpc) is 1.22. The molecule has 5 aromatic rings. The Hall–Kier alpha value is -6.55. The van der Waals surface area contributed by atoms with E-state index in [0.717, 1.165) is 92.8 Å². The van der Waals surface area contributed by atoms with Gasteiger partial charge in [0.1, 0.15) is 0 Å². The molecule has 0 aromatic heterocycles. The normalized spacial score (nSPS) is 10.7. The molecule has 0 heterocycles. The molecular formula is C80H140N10. The lowest BCUT2D eigenvalue weighted by molar-refractivity contribution is 0.437. The predicted octanol–water partition coefficient (Wildman–Crippen LogP) is 20.6. The van der Waals surface area contributed by atoms with Gasteiger partial charge in [0, 0.05) is 87.2 Å². The summed E-state index contributed by atoms with van der Waals surface area (Å²) in [6.45, 7) is 52.3. The average molecular weight is 1240 g/mol. The number of hydrogen-bond donors (Lipinski definition) is 0. The van der Waals surface area contributed by atoms with Gasteiger partial charge in [0.05, 0.1) is 28.6 Å². The van der Waals surface area contributed by atoms with Gasteiger partial charge in [0.2, 0.25) is 0 Å². The highest BCUT2D eigenvalue weighted by Crippen LogP contribution is 2.20. The van der Waals surface area contributed by atoms with Crippen molar-refractivity contribution in [1.82, 2.24) is 25.0 Å². The largest absolute Gasteiger partial charge is 0.303 e. The van der Waals surface area contributed by atoms with Crippen LogP contribution in [0.15, 0.2) is 117 Å². The summed E-state index contributed by atoms with van der Waals surface area (Å²) in [5.41, 5.74) is 25.9. The van der Waals surface area contributed by atoms with Gasteiger partial charge in [-0.25, -0.2) is 0 Å². The summed E-state index contributed by atoms with van der Waals surface area (Å²) in [4.78, 5) is 0. The molecule has 0 atom stereocenters.